The van der Waals surface area contributed by atoms with Crippen molar-refractivity contribution in [2.24, 2.45) is 0 Å². The van der Waals surface area contributed by atoms with Crippen LogP contribution >= 0.6 is 0 Å². The number of para-hydroxylation sites is 3. The minimum Gasteiger partial charge on any atom is -0.354 e. The van der Waals surface area contributed by atoms with Gasteiger partial charge < -0.3 is 4.98 Å². The zero-order chi connectivity index (χ0) is 40.9. The summed E-state index contributed by atoms with van der Waals surface area (Å²) in [5.41, 5.74) is 20.6. The minimum absolute atomic E-state index is 0.218. The maximum atomic E-state index is 5.72. The zero-order valence-corrected chi connectivity index (χ0v) is 34.8. The van der Waals surface area contributed by atoms with E-state index in [9.17, 15) is 0 Å². The number of hydrogen-bond donors (Lipinski definition) is 1. The van der Waals surface area contributed by atoms with Crippen LogP contribution < -0.4 is 4.90 Å². The Morgan fingerprint density at radius 2 is 1.30 bits per heavy atom. The molecule has 0 saturated heterocycles. The van der Waals surface area contributed by atoms with Crippen molar-refractivity contribution >= 4 is 50.0 Å². The van der Waals surface area contributed by atoms with Gasteiger partial charge in [-0.05, 0) is 133 Å². The predicted octanol–water partition coefficient (Wildman–Crippen LogP) is 14.4. The lowest BCUT2D eigenvalue weighted by Gasteiger charge is -2.41. The summed E-state index contributed by atoms with van der Waals surface area (Å²) in [7, 11) is 0. The average Bonchev–Trinajstić information content (AvgIpc) is 3.82. The molecular weight excluding hydrogens is 731 g/mol. The Morgan fingerprint density at radius 3 is 2.13 bits per heavy atom. The molecule has 0 atom stereocenters. The monoisotopic (exact) mass is 775 g/mol. The van der Waals surface area contributed by atoms with Crippen LogP contribution in [-0.4, -0.2) is 19.5 Å². The fourth-order valence-corrected chi connectivity index (χ4v) is 10.1. The molecule has 0 fully saturated rings. The summed E-state index contributed by atoms with van der Waals surface area (Å²) in [6, 6.07) is 55.2. The Morgan fingerprint density at radius 1 is 0.567 bits per heavy atom. The quantitative estimate of drug-likeness (QED) is 0.189. The maximum Gasteiger partial charge on any atom is 0.147 e. The number of pyridine rings is 1. The summed E-state index contributed by atoms with van der Waals surface area (Å²) in [6.07, 6.45) is 1.88. The number of hydrogen-bond acceptors (Lipinski definition) is 3. The van der Waals surface area contributed by atoms with Gasteiger partial charge in [-0.15, -0.1) is 0 Å². The molecule has 0 amide bonds. The number of anilines is 3. The molecule has 60 heavy (non-hydrogen) atoms. The summed E-state index contributed by atoms with van der Waals surface area (Å²) in [6.45, 7) is 13.5. The molecule has 0 unspecified atom stereocenters. The van der Waals surface area contributed by atoms with Crippen LogP contribution in [0, 0.1) is 27.7 Å². The molecule has 290 valence electrons. The number of nitrogens with one attached hydrogen (secondary N) is 1. The Hall–Kier alpha value is -7.24. The van der Waals surface area contributed by atoms with Crippen LogP contribution in [0.25, 0.3) is 72.2 Å². The van der Waals surface area contributed by atoms with E-state index >= 15 is 0 Å². The first-order valence-electron chi connectivity index (χ1n) is 20.8. The average molecular weight is 776 g/mol. The summed E-state index contributed by atoms with van der Waals surface area (Å²) in [5.74, 6) is 1.79. The fraction of sp³-hybridized carbons (Fsp3) is 0.127. The second kappa shape index (κ2) is 13.4. The second-order valence-electron chi connectivity index (χ2n) is 17.1. The van der Waals surface area contributed by atoms with Crippen molar-refractivity contribution in [3.8, 4) is 39.3 Å². The summed E-state index contributed by atoms with van der Waals surface area (Å²) >= 11 is 0. The van der Waals surface area contributed by atoms with Crippen LogP contribution in [0.2, 0.25) is 0 Å². The molecule has 4 heterocycles. The normalized spacial score (nSPS) is 13.3. The number of nitrogens with zero attached hydrogens (tertiary/aromatic N) is 4. The van der Waals surface area contributed by atoms with Gasteiger partial charge in [0.05, 0.1) is 27.9 Å². The number of H-pyrrole nitrogens is 1. The van der Waals surface area contributed by atoms with Gasteiger partial charge in [-0.3, -0.25) is 9.47 Å². The lowest BCUT2D eigenvalue weighted by molar-refractivity contribution is 0.631. The molecule has 3 aromatic heterocycles. The SMILES string of the molecule is Cc1cc(C)c(-c2cccc(-n3c(-c4cccc5c4[nH]c4ccccc45)nc4c(-c5ccc6c(c5)N(c5ccccn5)c5ccccc5C6(C)C)cc(C)cc43)c2)c(C)c1. The molecular formula is C55H45N5. The van der Waals surface area contributed by atoms with Crippen molar-refractivity contribution in [1.29, 1.82) is 0 Å². The molecule has 5 heteroatoms. The number of aromatic nitrogens is 4. The number of aromatic amines is 1. The van der Waals surface area contributed by atoms with Crippen molar-refractivity contribution in [3.63, 3.8) is 0 Å². The fourth-order valence-electron chi connectivity index (χ4n) is 10.1. The first kappa shape index (κ1) is 35.9. The van der Waals surface area contributed by atoms with Crippen LogP contribution in [0.5, 0.6) is 0 Å². The summed E-state index contributed by atoms with van der Waals surface area (Å²) in [4.78, 5) is 16.7. The number of imidazole rings is 1. The van der Waals surface area contributed by atoms with E-state index in [1.165, 1.54) is 55.3 Å². The lowest BCUT2D eigenvalue weighted by atomic mass is 9.73. The standard InChI is InChI=1S/C55H45N5/c1-33-27-35(3)51(36(4)28-33)38-15-13-16-39(31-38)59-49-30-34(2)29-43(53(49)58-54(59)42-19-14-18-41-40-17-7-9-21-46(40)57-52(41)42)37-24-25-45-48(32-37)60(50-23-11-12-26-56-50)47-22-10-8-20-44(47)55(45,5)6/h7-32,57H,1-6H3. The van der Waals surface area contributed by atoms with Gasteiger partial charge in [0.25, 0.3) is 0 Å². The van der Waals surface area contributed by atoms with E-state index in [1.807, 2.05) is 12.3 Å². The van der Waals surface area contributed by atoms with Gasteiger partial charge in [0.15, 0.2) is 0 Å². The van der Waals surface area contributed by atoms with Crippen molar-refractivity contribution < 1.29 is 0 Å². The van der Waals surface area contributed by atoms with Crippen molar-refractivity contribution in [2.75, 3.05) is 4.90 Å². The third-order valence-corrected chi connectivity index (χ3v) is 12.7. The van der Waals surface area contributed by atoms with Crippen molar-refractivity contribution in [2.45, 2.75) is 47.0 Å². The van der Waals surface area contributed by atoms with E-state index in [2.05, 4.69) is 202 Å². The van der Waals surface area contributed by atoms with Crippen LogP contribution in [-0.2, 0) is 5.41 Å². The van der Waals surface area contributed by atoms with E-state index in [1.54, 1.807) is 0 Å². The summed E-state index contributed by atoms with van der Waals surface area (Å²) in [5, 5.41) is 2.39. The zero-order valence-electron chi connectivity index (χ0n) is 34.8. The minimum atomic E-state index is -0.218. The maximum absolute atomic E-state index is 5.72. The van der Waals surface area contributed by atoms with Gasteiger partial charge in [0, 0.05) is 44.7 Å². The highest BCUT2D eigenvalue weighted by molar-refractivity contribution is 6.12. The van der Waals surface area contributed by atoms with Gasteiger partial charge in [-0.25, -0.2) is 9.97 Å². The van der Waals surface area contributed by atoms with Gasteiger partial charge >= 0.3 is 0 Å². The Bertz CT molecular complexity index is 3320. The molecule has 0 bridgehead atoms. The van der Waals surface area contributed by atoms with E-state index in [0.29, 0.717) is 0 Å². The van der Waals surface area contributed by atoms with Gasteiger partial charge in [0.2, 0.25) is 0 Å². The molecule has 1 N–H and O–H groups in total. The smallest absolute Gasteiger partial charge is 0.147 e. The molecule has 7 aromatic carbocycles. The number of fused-ring (bicyclic) bond motifs is 6. The molecule has 0 spiro atoms. The third kappa shape index (κ3) is 5.46. The van der Waals surface area contributed by atoms with Crippen molar-refractivity contribution in [3.05, 3.63) is 191 Å². The summed E-state index contributed by atoms with van der Waals surface area (Å²) < 4.78 is 2.38. The Labute approximate surface area is 350 Å². The van der Waals surface area contributed by atoms with Crippen molar-refractivity contribution in [1.82, 2.24) is 19.5 Å². The molecule has 11 rings (SSSR count). The topological polar surface area (TPSA) is 49.7 Å². The van der Waals surface area contributed by atoms with Gasteiger partial charge in [-0.1, -0.05) is 110 Å². The highest BCUT2D eigenvalue weighted by Gasteiger charge is 2.37. The molecule has 10 aromatic rings. The first-order chi connectivity index (χ1) is 29.2. The number of benzene rings is 7. The third-order valence-electron chi connectivity index (χ3n) is 12.7. The Kier molecular flexibility index (Phi) is 8.01. The highest BCUT2D eigenvalue weighted by atomic mass is 15.2. The second-order valence-corrected chi connectivity index (χ2v) is 17.1. The van der Waals surface area contributed by atoms with E-state index < -0.39 is 0 Å². The number of aryl methyl sites for hydroxylation is 4. The van der Waals surface area contributed by atoms with Gasteiger partial charge in [-0.2, -0.15) is 0 Å². The molecule has 1 aliphatic rings. The van der Waals surface area contributed by atoms with E-state index in [4.69, 9.17) is 9.97 Å². The van der Waals surface area contributed by atoms with Crippen LogP contribution in [0.1, 0.15) is 47.2 Å². The molecule has 0 saturated carbocycles. The highest BCUT2D eigenvalue weighted by Crippen LogP contribution is 2.52. The lowest BCUT2D eigenvalue weighted by Crippen LogP contribution is -2.30. The molecule has 0 aliphatic carbocycles. The van der Waals surface area contributed by atoms with E-state index in [0.717, 1.165) is 67.5 Å². The predicted molar refractivity (Wildman–Crippen MR) is 250 cm³/mol. The first-order valence-corrected chi connectivity index (χ1v) is 20.8. The van der Waals surface area contributed by atoms with E-state index in [-0.39, 0.29) is 5.41 Å². The van der Waals surface area contributed by atoms with Crippen LogP contribution in [0.3, 0.4) is 0 Å². The largest absolute Gasteiger partial charge is 0.354 e. The van der Waals surface area contributed by atoms with Gasteiger partial charge in [0.1, 0.15) is 11.6 Å². The number of rotatable bonds is 5. The molecule has 5 nitrogen and oxygen atoms in total. The Balaban J connectivity index is 1.19. The van der Waals surface area contributed by atoms with Crippen LogP contribution in [0.4, 0.5) is 17.2 Å². The molecule has 1 aliphatic heterocycles. The van der Waals surface area contributed by atoms with Crippen LogP contribution in [0.15, 0.2) is 158 Å². The molecule has 0 radical (unpaired) electrons.